The Labute approximate surface area is 153 Å². The van der Waals surface area contributed by atoms with E-state index in [9.17, 15) is 9.90 Å². The standard InChI is InChI=1S/C21H24O5/c1-3-13-24-21(23)14-18(22)16(2)26-20-12-8-7-11-19(20)25-15-17-9-5-4-6-10-17/h3-12,16,18,22H,1,13-15H2,2H3. The molecule has 0 saturated heterocycles. The summed E-state index contributed by atoms with van der Waals surface area (Å²) < 4.78 is 16.5. The number of para-hydroxylation sites is 2. The summed E-state index contributed by atoms with van der Waals surface area (Å²) >= 11 is 0. The van der Waals surface area contributed by atoms with Crippen LogP contribution < -0.4 is 9.47 Å². The molecule has 5 nitrogen and oxygen atoms in total. The van der Waals surface area contributed by atoms with Gasteiger partial charge in [-0.25, -0.2) is 0 Å². The van der Waals surface area contributed by atoms with Crippen molar-refractivity contribution in [1.29, 1.82) is 0 Å². The molecule has 2 aromatic carbocycles. The number of hydrogen-bond donors (Lipinski definition) is 1. The van der Waals surface area contributed by atoms with E-state index in [1.54, 1.807) is 19.1 Å². The van der Waals surface area contributed by atoms with E-state index >= 15 is 0 Å². The van der Waals surface area contributed by atoms with E-state index < -0.39 is 18.2 Å². The number of esters is 1. The molecule has 26 heavy (non-hydrogen) atoms. The third kappa shape index (κ3) is 6.26. The molecule has 0 saturated carbocycles. The van der Waals surface area contributed by atoms with Crippen LogP contribution in [0.15, 0.2) is 67.3 Å². The smallest absolute Gasteiger partial charge is 0.308 e. The monoisotopic (exact) mass is 356 g/mol. The maximum atomic E-state index is 11.6. The van der Waals surface area contributed by atoms with E-state index in [2.05, 4.69) is 6.58 Å². The number of rotatable bonds is 10. The van der Waals surface area contributed by atoms with E-state index in [0.717, 1.165) is 5.56 Å². The number of carbonyl (C=O) groups excluding carboxylic acids is 1. The SMILES string of the molecule is C=CCOC(=O)CC(O)C(C)Oc1ccccc1OCc1ccccc1. The van der Waals surface area contributed by atoms with Crippen molar-refractivity contribution in [3.63, 3.8) is 0 Å². The Morgan fingerprint density at radius 2 is 1.77 bits per heavy atom. The van der Waals surface area contributed by atoms with Gasteiger partial charge in [-0.2, -0.15) is 0 Å². The second-order valence-corrected chi connectivity index (χ2v) is 5.79. The average Bonchev–Trinajstić information content (AvgIpc) is 2.66. The van der Waals surface area contributed by atoms with Crippen LogP contribution in [0.4, 0.5) is 0 Å². The second kappa shape index (κ2) is 10.3. The Kier molecular flexibility index (Phi) is 7.71. The van der Waals surface area contributed by atoms with Crippen LogP contribution in [0.25, 0.3) is 0 Å². The van der Waals surface area contributed by atoms with Gasteiger partial charge in [-0.05, 0) is 24.6 Å². The number of aliphatic hydroxyl groups is 1. The van der Waals surface area contributed by atoms with Gasteiger partial charge in [0.15, 0.2) is 11.5 Å². The van der Waals surface area contributed by atoms with E-state index in [4.69, 9.17) is 14.2 Å². The lowest BCUT2D eigenvalue weighted by atomic mass is 10.1. The number of aliphatic hydroxyl groups excluding tert-OH is 1. The third-order valence-corrected chi connectivity index (χ3v) is 3.68. The van der Waals surface area contributed by atoms with Crippen molar-refractivity contribution in [2.45, 2.75) is 32.2 Å². The number of carbonyl (C=O) groups is 1. The summed E-state index contributed by atoms with van der Waals surface area (Å²) in [7, 11) is 0. The molecule has 2 atom stereocenters. The van der Waals surface area contributed by atoms with Crippen molar-refractivity contribution in [1.82, 2.24) is 0 Å². The van der Waals surface area contributed by atoms with E-state index in [1.165, 1.54) is 6.08 Å². The van der Waals surface area contributed by atoms with Crippen molar-refractivity contribution in [3.8, 4) is 11.5 Å². The van der Waals surface area contributed by atoms with Crippen molar-refractivity contribution < 1.29 is 24.1 Å². The predicted molar refractivity (Wildman–Crippen MR) is 99.1 cm³/mol. The largest absolute Gasteiger partial charge is 0.485 e. The number of hydrogen-bond acceptors (Lipinski definition) is 5. The molecule has 2 aromatic rings. The molecule has 0 bridgehead atoms. The van der Waals surface area contributed by atoms with Gasteiger partial charge in [0, 0.05) is 0 Å². The van der Waals surface area contributed by atoms with Crippen molar-refractivity contribution >= 4 is 5.97 Å². The predicted octanol–water partition coefficient (Wildman–Crippen LogP) is 3.51. The minimum absolute atomic E-state index is 0.122. The third-order valence-electron chi connectivity index (χ3n) is 3.68. The van der Waals surface area contributed by atoms with Gasteiger partial charge in [-0.3, -0.25) is 4.79 Å². The fourth-order valence-corrected chi connectivity index (χ4v) is 2.23. The highest BCUT2D eigenvalue weighted by Gasteiger charge is 2.21. The van der Waals surface area contributed by atoms with Gasteiger partial charge in [-0.1, -0.05) is 55.1 Å². The molecule has 2 unspecified atom stereocenters. The topological polar surface area (TPSA) is 65.0 Å². The lowest BCUT2D eigenvalue weighted by Crippen LogP contribution is -2.31. The van der Waals surface area contributed by atoms with E-state index in [0.29, 0.717) is 18.1 Å². The molecular weight excluding hydrogens is 332 g/mol. The minimum Gasteiger partial charge on any atom is -0.485 e. The lowest BCUT2D eigenvalue weighted by Gasteiger charge is -2.21. The molecule has 0 amide bonds. The van der Waals surface area contributed by atoms with Crippen molar-refractivity contribution in [3.05, 3.63) is 72.8 Å². The van der Waals surface area contributed by atoms with Gasteiger partial charge in [0.25, 0.3) is 0 Å². The van der Waals surface area contributed by atoms with Crippen LogP contribution in [0.3, 0.4) is 0 Å². The minimum atomic E-state index is -0.991. The number of ether oxygens (including phenoxy) is 3. The van der Waals surface area contributed by atoms with Crippen LogP contribution in [0.2, 0.25) is 0 Å². The quantitative estimate of drug-likeness (QED) is 0.521. The highest BCUT2D eigenvalue weighted by atomic mass is 16.5. The van der Waals surface area contributed by atoms with Gasteiger partial charge in [0.05, 0.1) is 6.42 Å². The molecular formula is C21H24O5. The molecule has 0 aliphatic carbocycles. The maximum Gasteiger partial charge on any atom is 0.308 e. The summed E-state index contributed by atoms with van der Waals surface area (Å²) in [6.07, 6.45) is -0.269. The molecule has 0 heterocycles. The Hall–Kier alpha value is -2.79. The molecule has 138 valence electrons. The first-order chi connectivity index (χ1) is 12.6. The molecule has 2 rings (SSSR count). The molecule has 5 heteroatoms. The molecule has 0 fully saturated rings. The fraction of sp³-hybridized carbons (Fsp3) is 0.286. The summed E-state index contributed by atoms with van der Waals surface area (Å²) in [5.41, 5.74) is 1.04. The highest BCUT2D eigenvalue weighted by Crippen LogP contribution is 2.29. The summed E-state index contributed by atoms with van der Waals surface area (Å²) in [4.78, 5) is 11.6. The van der Waals surface area contributed by atoms with Crippen molar-refractivity contribution in [2.75, 3.05) is 6.61 Å². The molecule has 0 radical (unpaired) electrons. The first-order valence-electron chi connectivity index (χ1n) is 8.47. The maximum absolute atomic E-state index is 11.6. The summed E-state index contributed by atoms with van der Waals surface area (Å²) in [5, 5.41) is 10.2. The Morgan fingerprint density at radius 1 is 1.12 bits per heavy atom. The highest BCUT2D eigenvalue weighted by molar-refractivity contribution is 5.70. The summed E-state index contributed by atoms with van der Waals surface area (Å²) in [5.74, 6) is 0.584. The zero-order chi connectivity index (χ0) is 18.8. The van der Waals surface area contributed by atoms with Crippen LogP contribution in [-0.4, -0.2) is 29.9 Å². The van der Waals surface area contributed by atoms with Crippen LogP contribution in [-0.2, 0) is 16.1 Å². The van der Waals surface area contributed by atoms with Crippen LogP contribution in [0, 0.1) is 0 Å². The van der Waals surface area contributed by atoms with Gasteiger partial charge in [-0.15, -0.1) is 0 Å². The molecule has 1 N–H and O–H groups in total. The van der Waals surface area contributed by atoms with Gasteiger partial charge < -0.3 is 19.3 Å². The van der Waals surface area contributed by atoms with Gasteiger partial charge >= 0.3 is 5.97 Å². The zero-order valence-corrected chi connectivity index (χ0v) is 14.8. The van der Waals surface area contributed by atoms with Gasteiger partial charge in [0.1, 0.15) is 25.4 Å². The first-order valence-corrected chi connectivity index (χ1v) is 8.47. The molecule has 0 aliphatic rings. The average molecular weight is 356 g/mol. The number of benzene rings is 2. The fourth-order valence-electron chi connectivity index (χ4n) is 2.23. The summed E-state index contributed by atoms with van der Waals surface area (Å²) in [6, 6.07) is 17.0. The van der Waals surface area contributed by atoms with Gasteiger partial charge in [0.2, 0.25) is 0 Å². The Bertz CT molecular complexity index is 699. The van der Waals surface area contributed by atoms with E-state index in [-0.39, 0.29) is 13.0 Å². The van der Waals surface area contributed by atoms with Crippen LogP contribution >= 0.6 is 0 Å². The normalized spacial score (nSPS) is 12.7. The zero-order valence-electron chi connectivity index (χ0n) is 14.8. The van der Waals surface area contributed by atoms with Crippen LogP contribution in [0.1, 0.15) is 18.9 Å². The molecule has 0 aromatic heterocycles. The Morgan fingerprint density at radius 3 is 2.46 bits per heavy atom. The van der Waals surface area contributed by atoms with Crippen molar-refractivity contribution in [2.24, 2.45) is 0 Å². The van der Waals surface area contributed by atoms with Crippen LogP contribution in [0.5, 0.6) is 11.5 Å². The molecule has 0 spiro atoms. The van der Waals surface area contributed by atoms with E-state index in [1.807, 2.05) is 42.5 Å². The summed E-state index contributed by atoms with van der Waals surface area (Å²) in [6.45, 7) is 5.70. The Balaban J connectivity index is 1.93. The first kappa shape index (κ1) is 19.5. The second-order valence-electron chi connectivity index (χ2n) is 5.79. The lowest BCUT2D eigenvalue weighted by molar-refractivity contribution is -0.145. The molecule has 0 aliphatic heterocycles.